The van der Waals surface area contributed by atoms with Crippen LogP contribution in [0, 0.1) is 0 Å². The second-order valence-electron chi connectivity index (χ2n) is 5.63. The molecule has 0 fully saturated rings. The van der Waals surface area contributed by atoms with Gasteiger partial charge in [0.2, 0.25) is 0 Å². The van der Waals surface area contributed by atoms with Crippen LogP contribution < -0.4 is 0 Å². The Hall–Kier alpha value is -0.830. The molecule has 0 unspecified atom stereocenters. The molecule has 0 amide bonds. The Kier molecular flexibility index (Phi) is 15.9. The molecule has 0 N–H and O–H groups in total. The molecule has 0 aliphatic carbocycles. The molecule has 0 saturated carbocycles. The Balaban J connectivity index is 3.34. The van der Waals surface area contributed by atoms with Crippen molar-refractivity contribution < 1.29 is 14.3 Å². The van der Waals surface area contributed by atoms with Gasteiger partial charge in [0.15, 0.2) is 0 Å². The van der Waals surface area contributed by atoms with Crippen LogP contribution in [0.15, 0.2) is 11.6 Å². The van der Waals surface area contributed by atoms with Crippen LogP contribution in [0.5, 0.6) is 0 Å². The standard InChI is InChI=1S/C18H31ClO3/c1-22-18(21)17(16-19)14-12-10-8-6-4-2-3-5-7-9-11-13-15-20/h14-15H,2-13,16H2,1H3/b17-14+. The van der Waals surface area contributed by atoms with E-state index in [9.17, 15) is 9.59 Å². The van der Waals surface area contributed by atoms with E-state index < -0.39 is 0 Å². The van der Waals surface area contributed by atoms with Crippen molar-refractivity contribution in [2.24, 2.45) is 0 Å². The van der Waals surface area contributed by atoms with E-state index in [1.807, 2.05) is 6.08 Å². The number of allylic oxidation sites excluding steroid dienone is 1. The summed E-state index contributed by atoms with van der Waals surface area (Å²) in [5.41, 5.74) is 0.568. The molecule has 0 aromatic carbocycles. The van der Waals surface area contributed by atoms with Gasteiger partial charge in [-0.15, -0.1) is 11.6 Å². The van der Waals surface area contributed by atoms with E-state index in [0.29, 0.717) is 5.57 Å². The highest BCUT2D eigenvalue weighted by Crippen LogP contribution is 2.12. The van der Waals surface area contributed by atoms with Gasteiger partial charge in [-0.05, 0) is 19.3 Å². The smallest absolute Gasteiger partial charge is 0.334 e. The Bertz CT molecular complexity index is 313. The molecule has 22 heavy (non-hydrogen) atoms. The van der Waals surface area contributed by atoms with Gasteiger partial charge in [0.25, 0.3) is 0 Å². The van der Waals surface area contributed by atoms with Crippen LogP contribution in [-0.4, -0.2) is 25.2 Å². The number of esters is 1. The molecule has 4 heteroatoms. The zero-order chi connectivity index (χ0) is 16.5. The van der Waals surface area contributed by atoms with Gasteiger partial charge in [0, 0.05) is 12.0 Å². The number of carbonyl (C=O) groups excluding carboxylic acids is 2. The molecule has 0 aromatic rings. The number of carbonyl (C=O) groups is 2. The van der Waals surface area contributed by atoms with Crippen LogP contribution in [0.25, 0.3) is 0 Å². The third-order valence-electron chi connectivity index (χ3n) is 3.76. The normalized spacial score (nSPS) is 11.5. The number of hydrogen-bond donors (Lipinski definition) is 0. The summed E-state index contributed by atoms with van der Waals surface area (Å²) in [6.07, 6.45) is 16.8. The first-order chi connectivity index (χ1) is 10.8. The van der Waals surface area contributed by atoms with Crippen LogP contribution >= 0.6 is 11.6 Å². The number of aldehydes is 1. The molecule has 0 aliphatic heterocycles. The Morgan fingerprint density at radius 3 is 1.73 bits per heavy atom. The first kappa shape index (κ1) is 21.2. The topological polar surface area (TPSA) is 43.4 Å². The van der Waals surface area contributed by atoms with Crippen LogP contribution in [0.3, 0.4) is 0 Å². The second kappa shape index (κ2) is 16.5. The van der Waals surface area contributed by atoms with Crippen LogP contribution in [0.1, 0.15) is 77.0 Å². The molecule has 0 aromatic heterocycles. The van der Waals surface area contributed by atoms with Gasteiger partial charge in [0.05, 0.1) is 13.0 Å². The molecule has 0 atom stereocenters. The second-order valence-corrected chi connectivity index (χ2v) is 5.90. The third kappa shape index (κ3) is 12.9. The minimum absolute atomic E-state index is 0.222. The Labute approximate surface area is 140 Å². The van der Waals surface area contributed by atoms with Crippen molar-refractivity contribution in [3.05, 3.63) is 11.6 Å². The van der Waals surface area contributed by atoms with Crippen molar-refractivity contribution in [2.45, 2.75) is 77.0 Å². The average Bonchev–Trinajstić information content (AvgIpc) is 2.54. The van der Waals surface area contributed by atoms with Crippen LogP contribution in [0.2, 0.25) is 0 Å². The summed E-state index contributed by atoms with van der Waals surface area (Å²) >= 11 is 5.71. The summed E-state index contributed by atoms with van der Waals surface area (Å²) in [7, 11) is 1.38. The lowest BCUT2D eigenvalue weighted by Crippen LogP contribution is -2.05. The van der Waals surface area contributed by atoms with Crippen molar-refractivity contribution >= 4 is 23.9 Å². The summed E-state index contributed by atoms with van der Waals surface area (Å²) in [5, 5.41) is 0. The average molecular weight is 331 g/mol. The number of alkyl halides is 1. The van der Waals surface area contributed by atoms with Crippen molar-refractivity contribution in [3.63, 3.8) is 0 Å². The molecule has 0 bridgehead atoms. The molecule has 128 valence electrons. The number of rotatable bonds is 15. The summed E-state index contributed by atoms with van der Waals surface area (Å²) in [6.45, 7) is 0. The maximum atomic E-state index is 11.3. The van der Waals surface area contributed by atoms with Crippen molar-refractivity contribution in [2.75, 3.05) is 13.0 Å². The largest absolute Gasteiger partial charge is 0.466 e. The molecule has 0 radical (unpaired) electrons. The first-order valence-electron chi connectivity index (χ1n) is 8.53. The predicted molar refractivity (Wildman–Crippen MR) is 92.3 cm³/mol. The minimum Gasteiger partial charge on any atom is -0.466 e. The quantitative estimate of drug-likeness (QED) is 0.136. The number of methoxy groups -OCH3 is 1. The first-order valence-corrected chi connectivity index (χ1v) is 9.06. The SMILES string of the molecule is COC(=O)/C(=C/CCCCCCCCCCCCC=O)CCl. The summed E-state index contributed by atoms with van der Waals surface area (Å²) in [6, 6.07) is 0. The van der Waals surface area contributed by atoms with Crippen LogP contribution in [0.4, 0.5) is 0 Å². The van der Waals surface area contributed by atoms with E-state index in [1.165, 1.54) is 58.5 Å². The molecule has 0 spiro atoms. The number of ether oxygens (including phenoxy) is 1. The summed E-state index contributed by atoms with van der Waals surface area (Å²) < 4.78 is 4.66. The van der Waals surface area contributed by atoms with Gasteiger partial charge in [-0.25, -0.2) is 4.79 Å². The highest BCUT2D eigenvalue weighted by atomic mass is 35.5. The fraction of sp³-hybridized carbons (Fsp3) is 0.778. The molecule has 3 nitrogen and oxygen atoms in total. The molecular formula is C18H31ClO3. The van der Waals surface area contributed by atoms with Gasteiger partial charge in [-0.3, -0.25) is 0 Å². The van der Waals surface area contributed by atoms with E-state index >= 15 is 0 Å². The van der Waals surface area contributed by atoms with Gasteiger partial charge in [0.1, 0.15) is 6.29 Å². The Morgan fingerprint density at radius 2 is 1.32 bits per heavy atom. The lowest BCUT2D eigenvalue weighted by molar-refractivity contribution is -0.136. The van der Waals surface area contributed by atoms with E-state index in [1.54, 1.807) is 0 Å². The minimum atomic E-state index is -0.317. The highest BCUT2D eigenvalue weighted by molar-refractivity contribution is 6.22. The number of unbranched alkanes of at least 4 members (excludes halogenated alkanes) is 11. The van der Waals surface area contributed by atoms with E-state index in [0.717, 1.165) is 32.0 Å². The van der Waals surface area contributed by atoms with Crippen molar-refractivity contribution in [1.29, 1.82) is 0 Å². The van der Waals surface area contributed by atoms with E-state index in [4.69, 9.17) is 11.6 Å². The predicted octanol–water partition coefficient (Wildman–Crippen LogP) is 5.20. The molecule has 0 heterocycles. The highest BCUT2D eigenvalue weighted by Gasteiger charge is 2.06. The summed E-state index contributed by atoms with van der Waals surface area (Å²) in [5.74, 6) is -0.0948. The molecule has 0 saturated heterocycles. The third-order valence-corrected chi connectivity index (χ3v) is 4.05. The fourth-order valence-electron chi connectivity index (χ4n) is 2.39. The van der Waals surface area contributed by atoms with Gasteiger partial charge >= 0.3 is 5.97 Å². The number of hydrogen-bond acceptors (Lipinski definition) is 3. The van der Waals surface area contributed by atoms with Crippen molar-refractivity contribution in [3.8, 4) is 0 Å². The maximum Gasteiger partial charge on any atom is 0.334 e. The van der Waals surface area contributed by atoms with E-state index in [2.05, 4.69) is 4.74 Å². The lowest BCUT2D eigenvalue weighted by Gasteiger charge is -2.03. The molecular weight excluding hydrogens is 300 g/mol. The zero-order valence-electron chi connectivity index (χ0n) is 13.9. The Morgan fingerprint density at radius 1 is 0.864 bits per heavy atom. The molecule has 0 rings (SSSR count). The van der Waals surface area contributed by atoms with Crippen LogP contribution in [-0.2, 0) is 14.3 Å². The molecule has 0 aliphatic rings. The van der Waals surface area contributed by atoms with E-state index in [-0.39, 0.29) is 11.8 Å². The summed E-state index contributed by atoms with van der Waals surface area (Å²) in [4.78, 5) is 21.5. The monoisotopic (exact) mass is 330 g/mol. The number of halogens is 1. The van der Waals surface area contributed by atoms with Gasteiger partial charge < -0.3 is 9.53 Å². The van der Waals surface area contributed by atoms with Gasteiger partial charge in [-0.1, -0.05) is 57.4 Å². The van der Waals surface area contributed by atoms with Gasteiger partial charge in [-0.2, -0.15) is 0 Å². The zero-order valence-corrected chi connectivity index (χ0v) is 14.7. The fourth-order valence-corrected chi connectivity index (χ4v) is 2.60. The van der Waals surface area contributed by atoms with Crippen molar-refractivity contribution in [1.82, 2.24) is 0 Å². The lowest BCUT2D eigenvalue weighted by atomic mass is 10.0. The maximum absolute atomic E-state index is 11.3.